The highest BCUT2D eigenvalue weighted by atomic mass is 16.3. The quantitative estimate of drug-likeness (QED) is 0.171. The van der Waals surface area contributed by atoms with E-state index >= 15 is 0 Å². The number of para-hydroxylation sites is 2. The second kappa shape index (κ2) is 13.1. The standard InChI is InChI=1S/C54H36N2O/c1-54(39-20-6-3-7-21-39)47-28-12-10-23-42(47)43-31-30-37(33-48(43)54)40-22-8-9-24-44(40)50-34-49(55-53(56-50)35-16-4-2-5-17-35)38-19-14-18-36(32-38)41-26-15-27-46-45-25-11-13-29-51(45)57-52(41)46/h2-34H,1H3. The first-order valence-corrected chi connectivity index (χ1v) is 19.5. The molecule has 11 rings (SSSR count). The Morgan fingerprint density at radius 3 is 1.84 bits per heavy atom. The van der Waals surface area contributed by atoms with Crippen LogP contribution < -0.4 is 0 Å². The van der Waals surface area contributed by atoms with Gasteiger partial charge in [0.2, 0.25) is 0 Å². The lowest BCUT2D eigenvalue weighted by molar-refractivity contribution is 0.670. The molecule has 0 amide bonds. The molecule has 3 heteroatoms. The maximum atomic E-state index is 6.45. The molecular weight excluding hydrogens is 693 g/mol. The number of rotatable bonds is 6. The summed E-state index contributed by atoms with van der Waals surface area (Å²) < 4.78 is 6.45. The first-order chi connectivity index (χ1) is 28.1. The highest BCUT2D eigenvalue weighted by Crippen LogP contribution is 2.53. The van der Waals surface area contributed by atoms with Crippen LogP contribution in [0.5, 0.6) is 0 Å². The molecule has 8 aromatic carbocycles. The molecule has 0 bridgehead atoms. The van der Waals surface area contributed by atoms with Gasteiger partial charge in [-0.15, -0.1) is 0 Å². The van der Waals surface area contributed by atoms with Crippen LogP contribution in [0.2, 0.25) is 0 Å². The normalized spacial score (nSPS) is 14.5. The number of benzene rings is 8. The van der Waals surface area contributed by atoms with E-state index in [1.807, 2.05) is 30.3 Å². The Hall–Kier alpha value is -7.36. The van der Waals surface area contributed by atoms with Gasteiger partial charge in [0.05, 0.1) is 11.4 Å². The van der Waals surface area contributed by atoms with E-state index in [1.54, 1.807) is 0 Å². The Kier molecular flexibility index (Phi) is 7.61. The van der Waals surface area contributed by atoms with Crippen molar-refractivity contribution in [3.63, 3.8) is 0 Å². The van der Waals surface area contributed by atoms with E-state index in [-0.39, 0.29) is 5.41 Å². The van der Waals surface area contributed by atoms with Gasteiger partial charge < -0.3 is 4.42 Å². The molecule has 0 N–H and O–H groups in total. The first kappa shape index (κ1) is 33.0. The van der Waals surface area contributed by atoms with Crippen molar-refractivity contribution < 1.29 is 4.42 Å². The predicted octanol–water partition coefficient (Wildman–Crippen LogP) is 14.0. The zero-order valence-corrected chi connectivity index (χ0v) is 31.4. The largest absolute Gasteiger partial charge is 0.455 e. The Morgan fingerprint density at radius 1 is 0.386 bits per heavy atom. The number of hydrogen-bond donors (Lipinski definition) is 0. The van der Waals surface area contributed by atoms with Gasteiger partial charge in [-0.2, -0.15) is 0 Å². The van der Waals surface area contributed by atoms with E-state index < -0.39 is 0 Å². The van der Waals surface area contributed by atoms with Crippen LogP contribution in [0.25, 0.3) is 89.2 Å². The topological polar surface area (TPSA) is 38.9 Å². The monoisotopic (exact) mass is 728 g/mol. The smallest absolute Gasteiger partial charge is 0.160 e. The molecule has 268 valence electrons. The third-order valence-corrected chi connectivity index (χ3v) is 11.8. The number of aromatic nitrogens is 2. The van der Waals surface area contributed by atoms with Crippen LogP contribution in [0, 0.1) is 0 Å². The lowest BCUT2D eigenvalue weighted by atomic mass is 9.74. The van der Waals surface area contributed by atoms with Crippen LogP contribution in [-0.2, 0) is 5.41 Å². The summed E-state index contributed by atoms with van der Waals surface area (Å²) in [5.74, 6) is 0.684. The van der Waals surface area contributed by atoms with Crippen molar-refractivity contribution in [2.45, 2.75) is 12.3 Å². The molecule has 57 heavy (non-hydrogen) atoms. The summed E-state index contributed by atoms with van der Waals surface area (Å²) in [7, 11) is 0. The van der Waals surface area contributed by atoms with Crippen molar-refractivity contribution in [2.75, 3.05) is 0 Å². The second-order valence-corrected chi connectivity index (χ2v) is 15.0. The highest BCUT2D eigenvalue weighted by Gasteiger charge is 2.40. The molecule has 0 saturated carbocycles. The second-order valence-electron chi connectivity index (χ2n) is 15.0. The first-order valence-electron chi connectivity index (χ1n) is 19.5. The van der Waals surface area contributed by atoms with E-state index in [0.717, 1.165) is 72.3 Å². The summed E-state index contributed by atoms with van der Waals surface area (Å²) >= 11 is 0. The number of fused-ring (bicyclic) bond motifs is 6. The third-order valence-electron chi connectivity index (χ3n) is 11.8. The molecule has 2 heterocycles. The van der Waals surface area contributed by atoms with Crippen molar-refractivity contribution in [2.24, 2.45) is 0 Å². The Balaban J connectivity index is 1.07. The third kappa shape index (κ3) is 5.35. The van der Waals surface area contributed by atoms with Gasteiger partial charge in [-0.1, -0.05) is 176 Å². The molecule has 0 aliphatic heterocycles. The van der Waals surface area contributed by atoms with E-state index in [0.29, 0.717) is 5.82 Å². The molecule has 1 unspecified atom stereocenters. The average Bonchev–Trinajstić information content (AvgIpc) is 3.80. The summed E-state index contributed by atoms with van der Waals surface area (Å²) in [6, 6.07) is 71.0. The van der Waals surface area contributed by atoms with Crippen LogP contribution in [0.15, 0.2) is 205 Å². The Bertz CT molecular complexity index is 3140. The van der Waals surface area contributed by atoms with E-state index in [1.165, 1.54) is 27.8 Å². The maximum Gasteiger partial charge on any atom is 0.160 e. The maximum absolute atomic E-state index is 6.45. The molecule has 1 atom stereocenters. The van der Waals surface area contributed by atoms with Crippen molar-refractivity contribution in [1.82, 2.24) is 9.97 Å². The van der Waals surface area contributed by atoms with Gasteiger partial charge in [0.25, 0.3) is 0 Å². The minimum absolute atomic E-state index is 0.293. The number of nitrogens with zero attached hydrogens (tertiary/aromatic N) is 2. The van der Waals surface area contributed by atoms with Crippen LogP contribution in [0.1, 0.15) is 23.6 Å². The highest BCUT2D eigenvalue weighted by molar-refractivity contribution is 6.09. The molecule has 0 saturated heterocycles. The fourth-order valence-corrected chi connectivity index (χ4v) is 8.97. The molecule has 2 aromatic heterocycles. The lowest BCUT2D eigenvalue weighted by Crippen LogP contribution is -2.22. The van der Waals surface area contributed by atoms with E-state index in [2.05, 4.69) is 177 Å². The van der Waals surface area contributed by atoms with E-state index in [4.69, 9.17) is 14.4 Å². The Morgan fingerprint density at radius 2 is 0.982 bits per heavy atom. The lowest BCUT2D eigenvalue weighted by Gasteiger charge is -2.28. The summed E-state index contributed by atoms with van der Waals surface area (Å²) in [4.78, 5) is 10.5. The van der Waals surface area contributed by atoms with Crippen molar-refractivity contribution in [1.29, 1.82) is 0 Å². The molecule has 0 radical (unpaired) electrons. The van der Waals surface area contributed by atoms with Gasteiger partial charge in [0, 0.05) is 38.4 Å². The van der Waals surface area contributed by atoms with Gasteiger partial charge >= 0.3 is 0 Å². The van der Waals surface area contributed by atoms with Crippen LogP contribution in [0.3, 0.4) is 0 Å². The number of furan rings is 1. The summed E-state index contributed by atoms with van der Waals surface area (Å²) in [5.41, 5.74) is 17.2. The van der Waals surface area contributed by atoms with Crippen molar-refractivity contribution in [3.05, 3.63) is 217 Å². The summed E-state index contributed by atoms with van der Waals surface area (Å²) in [6.45, 7) is 2.37. The summed E-state index contributed by atoms with van der Waals surface area (Å²) in [6.07, 6.45) is 0. The molecular formula is C54H36N2O. The molecule has 0 fully saturated rings. The van der Waals surface area contributed by atoms with Crippen LogP contribution >= 0.6 is 0 Å². The fourth-order valence-electron chi connectivity index (χ4n) is 8.97. The van der Waals surface area contributed by atoms with Gasteiger partial charge in [-0.25, -0.2) is 9.97 Å². The summed E-state index contributed by atoms with van der Waals surface area (Å²) in [5, 5.41) is 2.23. The minimum atomic E-state index is -0.293. The van der Waals surface area contributed by atoms with Crippen molar-refractivity contribution in [3.8, 4) is 67.3 Å². The van der Waals surface area contributed by atoms with Gasteiger partial charge in [0.1, 0.15) is 11.2 Å². The van der Waals surface area contributed by atoms with Gasteiger partial charge in [-0.05, 0) is 75.7 Å². The molecule has 10 aromatic rings. The molecule has 0 spiro atoms. The SMILES string of the molecule is CC1(c2ccccc2)c2ccccc2-c2ccc(-c3ccccc3-c3cc(-c4cccc(-c5cccc6c5oc5ccccc56)c4)nc(-c4ccccc4)n3)cc21. The van der Waals surface area contributed by atoms with Crippen molar-refractivity contribution >= 4 is 21.9 Å². The van der Waals surface area contributed by atoms with Crippen LogP contribution in [0.4, 0.5) is 0 Å². The van der Waals surface area contributed by atoms with Gasteiger partial charge in [-0.3, -0.25) is 0 Å². The molecule has 3 nitrogen and oxygen atoms in total. The zero-order chi connectivity index (χ0) is 37.9. The zero-order valence-electron chi connectivity index (χ0n) is 31.4. The number of hydrogen-bond acceptors (Lipinski definition) is 3. The Labute approximate surface area is 331 Å². The fraction of sp³-hybridized carbons (Fsp3) is 0.0370. The minimum Gasteiger partial charge on any atom is -0.455 e. The van der Waals surface area contributed by atoms with E-state index in [9.17, 15) is 0 Å². The van der Waals surface area contributed by atoms with Gasteiger partial charge in [0.15, 0.2) is 5.82 Å². The van der Waals surface area contributed by atoms with Crippen LogP contribution in [-0.4, -0.2) is 9.97 Å². The average molecular weight is 729 g/mol. The predicted molar refractivity (Wildman–Crippen MR) is 234 cm³/mol. The molecule has 1 aliphatic rings. The molecule has 1 aliphatic carbocycles.